The van der Waals surface area contributed by atoms with Crippen molar-refractivity contribution < 1.29 is 18.3 Å². The van der Waals surface area contributed by atoms with Gasteiger partial charge in [0.2, 0.25) is 10.0 Å². The summed E-state index contributed by atoms with van der Waals surface area (Å²) in [5.74, 6) is 0.349. The van der Waals surface area contributed by atoms with Crippen LogP contribution in [0.5, 0.6) is 5.75 Å². The maximum Gasteiger partial charge on any atom is 0.246 e. The molecule has 8 heteroatoms. The summed E-state index contributed by atoms with van der Waals surface area (Å²) in [5, 5.41) is 11.9. The van der Waals surface area contributed by atoms with E-state index in [9.17, 15) is 8.42 Å². The van der Waals surface area contributed by atoms with Gasteiger partial charge in [-0.25, -0.2) is 13.4 Å². The van der Waals surface area contributed by atoms with E-state index in [1.165, 1.54) is 15.6 Å². The number of nitrogens with zero attached hydrogens (tertiary/aromatic N) is 2. The van der Waals surface area contributed by atoms with Crippen LogP contribution in [0, 0.1) is 12.8 Å². The molecule has 0 saturated carbocycles. The van der Waals surface area contributed by atoms with E-state index in [2.05, 4.69) is 4.98 Å². The van der Waals surface area contributed by atoms with E-state index in [1.807, 2.05) is 12.3 Å². The fraction of sp³-hybridized carbons (Fsp3) is 0.400. The number of ether oxygens (including phenoxy) is 1. The molecule has 1 N–H and O–H groups in total. The fourth-order valence-electron chi connectivity index (χ4n) is 2.38. The number of aliphatic hydroxyl groups excluding tert-OH is 1. The van der Waals surface area contributed by atoms with Crippen LogP contribution in [0.15, 0.2) is 34.5 Å². The van der Waals surface area contributed by atoms with Crippen LogP contribution in [0.3, 0.4) is 0 Å². The summed E-state index contributed by atoms with van der Waals surface area (Å²) < 4.78 is 32.4. The Morgan fingerprint density at radius 3 is 2.78 bits per heavy atom. The molecule has 1 fully saturated rings. The third-order valence-electron chi connectivity index (χ3n) is 3.69. The van der Waals surface area contributed by atoms with E-state index >= 15 is 0 Å². The Labute approximate surface area is 139 Å². The molecular formula is C15H18N2O4S2. The molecule has 3 rings (SSSR count). The van der Waals surface area contributed by atoms with Crippen molar-refractivity contribution in [2.75, 3.05) is 19.7 Å². The van der Waals surface area contributed by atoms with Crippen LogP contribution >= 0.6 is 11.3 Å². The number of thiazole rings is 1. The smallest absolute Gasteiger partial charge is 0.246 e. The van der Waals surface area contributed by atoms with Crippen LogP contribution in [-0.2, 0) is 16.6 Å². The Balaban J connectivity index is 1.77. The Morgan fingerprint density at radius 1 is 1.39 bits per heavy atom. The predicted molar refractivity (Wildman–Crippen MR) is 87.0 cm³/mol. The molecule has 0 aliphatic carbocycles. The van der Waals surface area contributed by atoms with Gasteiger partial charge in [0.05, 0.1) is 10.7 Å². The highest BCUT2D eigenvalue weighted by atomic mass is 32.2. The van der Waals surface area contributed by atoms with Crippen LogP contribution in [-0.4, -0.2) is 42.5 Å². The standard InChI is InChI=1S/C15H18N2O4S2/c1-11-16-13(10-22-11)9-21-14-4-2-3-5-15(14)23(19,20)17-6-12(7-17)8-18/h2-5,10,12,18H,6-9H2,1H3. The highest BCUT2D eigenvalue weighted by Gasteiger charge is 2.37. The first-order valence-corrected chi connectivity index (χ1v) is 9.56. The van der Waals surface area contributed by atoms with E-state index in [-0.39, 0.29) is 24.0 Å². The van der Waals surface area contributed by atoms with E-state index in [0.717, 1.165) is 10.7 Å². The van der Waals surface area contributed by atoms with Crippen molar-refractivity contribution in [1.29, 1.82) is 0 Å². The zero-order valence-electron chi connectivity index (χ0n) is 12.7. The maximum absolute atomic E-state index is 12.7. The van der Waals surface area contributed by atoms with Gasteiger partial charge in [-0.05, 0) is 19.1 Å². The second-order valence-electron chi connectivity index (χ2n) is 5.46. The number of aliphatic hydroxyl groups is 1. The predicted octanol–water partition coefficient (Wildman–Crippen LogP) is 1.64. The first-order valence-electron chi connectivity index (χ1n) is 7.24. The van der Waals surface area contributed by atoms with Gasteiger partial charge in [-0.1, -0.05) is 12.1 Å². The average Bonchev–Trinajstić information content (AvgIpc) is 2.90. The van der Waals surface area contributed by atoms with Crippen LogP contribution in [0.1, 0.15) is 10.7 Å². The number of hydrogen-bond donors (Lipinski definition) is 1. The lowest BCUT2D eigenvalue weighted by molar-refractivity contribution is 0.117. The Hall–Kier alpha value is -1.48. The number of rotatable bonds is 6. The minimum Gasteiger partial charge on any atom is -0.486 e. The molecule has 0 unspecified atom stereocenters. The van der Waals surface area contributed by atoms with Gasteiger partial charge in [0.25, 0.3) is 0 Å². The molecular weight excluding hydrogens is 336 g/mol. The normalized spacial score (nSPS) is 16.3. The minimum atomic E-state index is -3.60. The largest absolute Gasteiger partial charge is 0.486 e. The quantitative estimate of drug-likeness (QED) is 0.853. The lowest BCUT2D eigenvalue weighted by Crippen LogP contribution is -2.51. The lowest BCUT2D eigenvalue weighted by Gasteiger charge is -2.37. The molecule has 23 heavy (non-hydrogen) atoms. The van der Waals surface area contributed by atoms with E-state index < -0.39 is 10.0 Å². The van der Waals surface area contributed by atoms with Crippen molar-refractivity contribution in [1.82, 2.24) is 9.29 Å². The molecule has 0 radical (unpaired) electrons. The molecule has 0 amide bonds. The molecule has 0 bridgehead atoms. The SMILES string of the molecule is Cc1nc(COc2ccccc2S(=O)(=O)N2CC(CO)C2)cs1. The number of aryl methyl sites for hydroxylation is 1. The Bertz CT molecular complexity index is 782. The van der Waals surface area contributed by atoms with Gasteiger partial charge in [-0.15, -0.1) is 11.3 Å². The summed E-state index contributed by atoms with van der Waals surface area (Å²) in [6, 6.07) is 6.61. The first kappa shape index (κ1) is 16.4. The van der Waals surface area contributed by atoms with Crippen molar-refractivity contribution >= 4 is 21.4 Å². The number of aromatic nitrogens is 1. The summed E-state index contributed by atoms with van der Waals surface area (Å²) >= 11 is 1.53. The topological polar surface area (TPSA) is 79.7 Å². The van der Waals surface area contributed by atoms with Gasteiger partial charge >= 0.3 is 0 Å². The maximum atomic E-state index is 12.7. The van der Waals surface area contributed by atoms with Crippen molar-refractivity contribution in [2.24, 2.45) is 5.92 Å². The van der Waals surface area contributed by atoms with Crippen molar-refractivity contribution in [2.45, 2.75) is 18.4 Å². The Morgan fingerprint density at radius 2 is 2.13 bits per heavy atom. The Kier molecular flexibility index (Phi) is 4.67. The van der Waals surface area contributed by atoms with Crippen LogP contribution in [0.2, 0.25) is 0 Å². The molecule has 0 spiro atoms. The number of sulfonamides is 1. The molecule has 2 aromatic rings. The molecule has 1 saturated heterocycles. The van der Waals surface area contributed by atoms with E-state index in [1.54, 1.807) is 24.3 Å². The highest BCUT2D eigenvalue weighted by molar-refractivity contribution is 7.89. The van der Waals surface area contributed by atoms with E-state index in [4.69, 9.17) is 9.84 Å². The van der Waals surface area contributed by atoms with Crippen molar-refractivity contribution in [3.63, 3.8) is 0 Å². The van der Waals surface area contributed by atoms with Crippen molar-refractivity contribution in [3.8, 4) is 5.75 Å². The van der Waals surface area contributed by atoms with Crippen LogP contribution < -0.4 is 4.74 Å². The minimum absolute atomic E-state index is 0.00729. The molecule has 6 nitrogen and oxygen atoms in total. The van der Waals surface area contributed by atoms with Crippen molar-refractivity contribution in [3.05, 3.63) is 40.3 Å². The van der Waals surface area contributed by atoms with Crippen LogP contribution in [0.25, 0.3) is 0 Å². The number of para-hydroxylation sites is 1. The molecule has 1 aliphatic heterocycles. The zero-order valence-corrected chi connectivity index (χ0v) is 14.3. The molecule has 1 aromatic carbocycles. The van der Waals surface area contributed by atoms with Gasteiger partial charge in [-0.2, -0.15) is 4.31 Å². The molecule has 1 aromatic heterocycles. The molecule has 1 aliphatic rings. The summed E-state index contributed by atoms with van der Waals surface area (Å²) in [6.45, 7) is 2.84. The molecule has 124 valence electrons. The number of hydrogen-bond acceptors (Lipinski definition) is 6. The second kappa shape index (κ2) is 6.56. The van der Waals surface area contributed by atoms with Crippen LogP contribution in [0.4, 0.5) is 0 Å². The third-order valence-corrected chi connectivity index (χ3v) is 6.38. The zero-order chi connectivity index (χ0) is 16.4. The summed E-state index contributed by atoms with van der Waals surface area (Å²) in [4.78, 5) is 4.46. The van der Waals surface area contributed by atoms with Gasteiger partial charge in [0, 0.05) is 31.0 Å². The van der Waals surface area contributed by atoms with Gasteiger partial charge < -0.3 is 9.84 Å². The summed E-state index contributed by atoms with van der Waals surface area (Å²) in [7, 11) is -3.60. The summed E-state index contributed by atoms with van der Waals surface area (Å²) in [6.07, 6.45) is 0. The summed E-state index contributed by atoms with van der Waals surface area (Å²) in [5.41, 5.74) is 0.781. The first-order chi connectivity index (χ1) is 11.0. The second-order valence-corrected chi connectivity index (χ2v) is 8.43. The molecule has 2 heterocycles. The van der Waals surface area contributed by atoms with E-state index in [0.29, 0.717) is 18.8 Å². The average molecular weight is 354 g/mol. The lowest BCUT2D eigenvalue weighted by atomic mass is 10.1. The third kappa shape index (κ3) is 3.40. The monoisotopic (exact) mass is 354 g/mol. The highest BCUT2D eigenvalue weighted by Crippen LogP contribution is 2.31. The van der Waals surface area contributed by atoms with Gasteiger partial charge in [0.1, 0.15) is 17.3 Å². The molecule has 0 atom stereocenters. The fourth-order valence-corrected chi connectivity index (χ4v) is 4.70. The van der Waals surface area contributed by atoms with Gasteiger partial charge in [-0.3, -0.25) is 0 Å². The van der Waals surface area contributed by atoms with Gasteiger partial charge in [0.15, 0.2) is 0 Å². The number of benzene rings is 1.